The predicted octanol–water partition coefficient (Wildman–Crippen LogP) is 1.73. The second kappa shape index (κ2) is 12.1. The van der Waals surface area contributed by atoms with Crippen molar-refractivity contribution in [3.05, 3.63) is 35.5 Å². The van der Waals surface area contributed by atoms with E-state index in [1.54, 1.807) is 0 Å². The second-order valence-electron chi connectivity index (χ2n) is 9.93. The Hall–Kier alpha value is -3.28. The first kappa shape index (κ1) is 26.3. The number of rotatable bonds is 6. The molecule has 2 aromatic rings. The zero-order valence-electron chi connectivity index (χ0n) is 22.2. The van der Waals surface area contributed by atoms with Gasteiger partial charge in [-0.25, -0.2) is 14.8 Å². The van der Waals surface area contributed by atoms with Crippen LogP contribution in [0.4, 0.5) is 16.3 Å². The first-order valence-corrected chi connectivity index (χ1v) is 13.5. The molecule has 3 amide bonds. The number of fused-ring (bicyclic) bond motifs is 1. The van der Waals surface area contributed by atoms with Gasteiger partial charge >= 0.3 is 6.03 Å². The lowest BCUT2D eigenvalue weighted by molar-refractivity contribution is -0.136. The second-order valence-corrected chi connectivity index (χ2v) is 9.93. The van der Waals surface area contributed by atoms with Crippen LogP contribution >= 0.6 is 0 Å². The largest absolute Gasteiger partial charge is 0.378 e. The minimum atomic E-state index is -0.236. The van der Waals surface area contributed by atoms with E-state index >= 15 is 0 Å². The van der Waals surface area contributed by atoms with Gasteiger partial charge in [0.2, 0.25) is 5.91 Å². The molecule has 0 spiro atoms. The molecule has 0 aliphatic carbocycles. The summed E-state index contributed by atoms with van der Waals surface area (Å²) in [5, 5.41) is 5.56. The quantitative estimate of drug-likeness (QED) is 0.589. The summed E-state index contributed by atoms with van der Waals surface area (Å²) >= 11 is 0. The van der Waals surface area contributed by atoms with Gasteiger partial charge in [-0.2, -0.15) is 0 Å². The van der Waals surface area contributed by atoms with E-state index in [2.05, 4.69) is 27.4 Å². The Morgan fingerprint density at radius 3 is 2.53 bits per heavy atom. The highest BCUT2D eigenvalue weighted by atomic mass is 16.5. The van der Waals surface area contributed by atoms with Gasteiger partial charge in [0.1, 0.15) is 5.82 Å². The lowest BCUT2D eigenvalue weighted by Crippen LogP contribution is -2.47. The van der Waals surface area contributed by atoms with Gasteiger partial charge in [-0.3, -0.25) is 9.69 Å². The monoisotopic (exact) mass is 523 g/mol. The zero-order chi connectivity index (χ0) is 26.5. The fourth-order valence-electron chi connectivity index (χ4n) is 5.15. The molecule has 1 aromatic heterocycles. The molecule has 3 aliphatic rings. The third kappa shape index (κ3) is 6.06. The molecule has 2 fully saturated rings. The smallest absolute Gasteiger partial charge is 0.319 e. The first-order valence-electron chi connectivity index (χ1n) is 13.5. The van der Waals surface area contributed by atoms with Crippen LogP contribution in [0.3, 0.4) is 0 Å². The third-order valence-electron chi connectivity index (χ3n) is 7.22. The number of hydrogen-bond acceptors (Lipinski definition) is 8. The van der Waals surface area contributed by atoms with Gasteiger partial charge in [-0.05, 0) is 44.5 Å². The van der Waals surface area contributed by atoms with Gasteiger partial charge in [-0.1, -0.05) is 0 Å². The van der Waals surface area contributed by atoms with Crippen molar-refractivity contribution in [2.24, 2.45) is 0 Å². The number of nitrogens with one attached hydrogen (secondary N) is 2. The summed E-state index contributed by atoms with van der Waals surface area (Å²) in [6.07, 6.45) is 0.792. The van der Waals surface area contributed by atoms with Crippen LogP contribution in [-0.4, -0.2) is 103 Å². The van der Waals surface area contributed by atoms with Crippen LogP contribution in [0.5, 0.6) is 0 Å². The number of morpholine rings is 2. The highest BCUT2D eigenvalue weighted by Gasteiger charge is 2.30. The zero-order valence-corrected chi connectivity index (χ0v) is 22.2. The molecule has 1 aromatic carbocycles. The summed E-state index contributed by atoms with van der Waals surface area (Å²) in [4.78, 5) is 41.3. The Bertz CT molecular complexity index is 1140. The molecular formula is C27H37N7O4. The molecule has 1 atom stereocenters. The van der Waals surface area contributed by atoms with E-state index in [-0.39, 0.29) is 18.0 Å². The van der Waals surface area contributed by atoms with Crippen molar-refractivity contribution in [3.63, 3.8) is 0 Å². The van der Waals surface area contributed by atoms with E-state index in [1.165, 1.54) is 0 Å². The van der Waals surface area contributed by atoms with Crippen molar-refractivity contribution in [1.29, 1.82) is 0 Å². The van der Waals surface area contributed by atoms with Crippen LogP contribution in [0, 0.1) is 0 Å². The van der Waals surface area contributed by atoms with E-state index in [0.29, 0.717) is 70.7 Å². The number of amides is 3. The van der Waals surface area contributed by atoms with E-state index in [9.17, 15) is 9.59 Å². The van der Waals surface area contributed by atoms with Gasteiger partial charge in [0.15, 0.2) is 5.82 Å². The van der Waals surface area contributed by atoms with E-state index < -0.39 is 0 Å². The Balaban J connectivity index is 1.40. The summed E-state index contributed by atoms with van der Waals surface area (Å²) in [6.45, 7) is 11.0. The van der Waals surface area contributed by atoms with Gasteiger partial charge in [-0.15, -0.1) is 0 Å². The molecule has 11 heteroatoms. The lowest BCUT2D eigenvalue weighted by Gasteiger charge is -2.38. The van der Waals surface area contributed by atoms with Gasteiger partial charge in [0.25, 0.3) is 0 Å². The molecule has 0 radical (unpaired) electrons. The van der Waals surface area contributed by atoms with Gasteiger partial charge in [0, 0.05) is 56.1 Å². The fourth-order valence-corrected chi connectivity index (χ4v) is 5.15. The molecule has 204 valence electrons. The van der Waals surface area contributed by atoms with Crippen LogP contribution in [0.1, 0.15) is 25.1 Å². The number of carbonyl (C=O) groups is 2. The lowest BCUT2D eigenvalue weighted by atomic mass is 10.0. The summed E-state index contributed by atoms with van der Waals surface area (Å²) in [5.74, 6) is 1.75. The maximum atomic E-state index is 12.9. The molecule has 2 N–H and O–H groups in total. The van der Waals surface area contributed by atoms with Crippen LogP contribution in [0.2, 0.25) is 0 Å². The van der Waals surface area contributed by atoms with Crippen molar-refractivity contribution < 1.29 is 19.1 Å². The summed E-state index contributed by atoms with van der Waals surface area (Å²) < 4.78 is 11.1. The molecule has 2 saturated heterocycles. The third-order valence-corrected chi connectivity index (χ3v) is 7.22. The van der Waals surface area contributed by atoms with Crippen LogP contribution < -0.4 is 15.5 Å². The molecular weight excluding hydrogens is 486 g/mol. The number of benzene rings is 1. The van der Waals surface area contributed by atoms with Crippen molar-refractivity contribution in [3.8, 4) is 11.4 Å². The molecule has 38 heavy (non-hydrogen) atoms. The van der Waals surface area contributed by atoms with Gasteiger partial charge < -0.3 is 29.9 Å². The Morgan fingerprint density at radius 2 is 1.79 bits per heavy atom. The van der Waals surface area contributed by atoms with Crippen molar-refractivity contribution in [1.82, 2.24) is 25.1 Å². The minimum Gasteiger partial charge on any atom is -0.378 e. The Morgan fingerprint density at radius 1 is 1.03 bits per heavy atom. The molecule has 4 heterocycles. The SMILES string of the molecule is CCNC(=O)Nc1ccc(-c2nc3c(c(N4CCOC[C@@H]4C)n2)CCN(CC(=O)N2CCOCC2)C3)cc1. The van der Waals surface area contributed by atoms with Crippen LogP contribution in [-0.2, 0) is 27.2 Å². The molecule has 5 rings (SSSR count). The molecule has 3 aliphatic heterocycles. The number of aromatic nitrogens is 2. The molecule has 0 bridgehead atoms. The summed E-state index contributed by atoms with van der Waals surface area (Å²) in [5.41, 5.74) is 3.70. The first-order chi connectivity index (χ1) is 18.5. The van der Waals surface area contributed by atoms with E-state index in [0.717, 1.165) is 42.1 Å². The van der Waals surface area contributed by atoms with Crippen molar-refractivity contribution >= 4 is 23.4 Å². The summed E-state index contributed by atoms with van der Waals surface area (Å²) in [7, 11) is 0. The molecule has 11 nitrogen and oxygen atoms in total. The Kier molecular flexibility index (Phi) is 8.35. The molecule has 0 saturated carbocycles. The maximum absolute atomic E-state index is 12.9. The van der Waals surface area contributed by atoms with Crippen LogP contribution in [0.25, 0.3) is 11.4 Å². The topological polar surface area (TPSA) is 112 Å². The number of nitrogens with zero attached hydrogens (tertiary/aromatic N) is 5. The van der Waals surface area contributed by atoms with E-state index in [1.807, 2.05) is 36.1 Å². The number of urea groups is 1. The number of carbonyl (C=O) groups excluding carboxylic acids is 2. The Labute approximate surface area is 223 Å². The minimum absolute atomic E-state index is 0.142. The van der Waals surface area contributed by atoms with Crippen molar-refractivity contribution in [2.75, 3.05) is 75.9 Å². The number of hydrogen-bond donors (Lipinski definition) is 2. The predicted molar refractivity (Wildman–Crippen MR) is 144 cm³/mol. The highest BCUT2D eigenvalue weighted by Crippen LogP contribution is 2.31. The van der Waals surface area contributed by atoms with Crippen molar-refractivity contribution in [2.45, 2.75) is 32.9 Å². The summed E-state index contributed by atoms with van der Waals surface area (Å²) in [6, 6.07) is 7.55. The normalized spacial score (nSPS) is 20.1. The van der Waals surface area contributed by atoms with Crippen LogP contribution in [0.15, 0.2) is 24.3 Å². The maximum Gasteiger partial charge on any atom is 0.319 e. The fraction of sp³-hybridized carbons (Fsp3) is 0.556. The van der Waals surface area contributed by atoms with E-state index in [4.69, 9.17) is 19.4 Å². The standard InChI is InChI=1S/C27H37N7O4/c1-3-28-27(36)29-21-6-4-20(5-7-21)25-30-23-16-32(17-24(35)33-10-13-37-14-11-33)9-8-22(23)26(31-25)34-12-15-38-18-19(34)2/h4-7,19H,3,8-18H2,1-2H3,(H2,28,29,36)/t19-/m0/s1. The molecule has 0 unspecified atom stereocenters. The highest BCUT2D eigenvalue weighted by molar-refractivity contribution is 5.89. The average molecular weight is 524 g/mol. The number of anilines is 2. The average Bonchev–Trinajstić information content (AvgIpc) is 2.93. The number of ether oxygens (including phenoxy) is 2. The van der Waals surface area contributed by atoms with Gasteiger partial charge in [0.05, 0.1) is 44.7 Å².